The van der Waals surface area contributed by atoms with Crippen LogP contribution in [-0.4, -0.2) is 17.5 Å². The molecule has 5 nitrogen and oxygen atoms in total. The van der Waals surface area contributed by atoms with Gasteiger partial charge in [0, 0.05) is 16.8 Å². The van der Waals surface area contributed by atoms with Crippen LogP contribution in [-0.2, 0) is 11.2 Å². The van der Waals surface area contributed by atoms with Gasteiger partial charge < -0.3 is 5.32 Å². The van der Waals surface area contributed by atoms with E-state index in [0.29, 0.717) is 14.9 Å². The molecular weight excluding hydrogens is 390 g/mol. The molecule has 3 aromatic rings. The Hall–Kier alpha value is -2.95. The van der Waals surface area contributed by atoms with Crippen molar-refractivity contribution in [1.29, 1.82) is 5.26 Å². The van der Waals surface area contributed by atoms with Crippen LogP contribution in [0.2, 0.25) is 0 Å². The van der Waals surface area contributed by atoms with Gasteiger partial charge in [0.2, 0.25) is 0 Å². The number of thiophene rings is 1. The number of aromatic nitrogens is 1. The van der Waals surface area contributed by atoms with Gasteiger partial charge in [-0.1, -0.05) is 19.1 Å². The summed E-state index contributed by atoms with van der Waals surface area (Å²) < 4.78 is 2.28. The molecule has 0 saturated heterocycles. The quantitative estimate of drug-likeness (QED) is 0.717. The van der Waals surface area contributed by atoms with E-state index in [1.54, 1.807) is 11.3 Å². The number of hydrogen-bond donors (Lipinski definition) is 1. The van der Waals surface area contributed by atoms with E-state index in [4.69, 9.17) is 0 Å². The largest absolute Gasteiger partial charge is 0.354 e. The molecule has 142 valence electrons. The number of hydrogen-bond acceptors (Lipinski definition) is 5. The lowest BCUT2D eigenvalue weighted by molar-refractivity contribution is -0.115. The highest BCUT2D eigenvalue weighted by Crippen LogP contribution is 2.15. The molecule has 3 rings (SSSR count). The molecule has 0 bridgehead atoms. The number of nitriles is 1. The fourth-order valence-electron chi connectivity index (χ4n) is 2.78. The van der Waals surface area contributed by atoms with Crippen LogP contribution in [0.5, 0.6) is 0 Å². The van der Waals surface area contributed by atoms with E-state index >= 15 is 0 Å². The third-order valence-electron chi connectivity index (χ3n) is 4.21. The van der Waals surface area contributed by atoms with Gasteiger partial charge in [-0.3, -0.25) is 14.2 Å². The Morgan fingerprint density at radius 3 is 2.68 bits per heavy atom. The maximum absolute atomic E-state index is 13.2. The third kappa shape index (κ3) is 3.84. The molecule has 0 aliphatic heterocycles. The lowest BCUT2D eigenvalue weighted by atomic mass is 10.1. The van der Waals surface area contributed by atoms with Crippen LogP contribution in [0, 0.1) is 18.3 Å². The Labute approximate surface area is 170 Å². The average Bonchev–Trinajstić information content (AvgIpc) is 3.25. The lowest BCUT2D eigenvalue weighted by Gasteiger charge is -2.05. The average molecular weight is 410 g/mol. The second-order valence-corrected chi connectivity index (χ2v) is 8.44. The number of rotatable bonds is 4. The van der Waals surface area contributed by atoms with Crippen LogP contribution in [0.4, 0.5) is 0 Å². The van der Waals surface area contributed by atoms with Crippen LogP contribution >= 0.6 is 22.7 Å². The second kappa shape index (κ2) is 8.38. The topological polar surface area (TPSA) is 74.9 Å². The van der Waals surface area contributed by atoms with Crippen LogP contribution < -0.4 is 20.1 Å². The van der Waals surface area contributed by atoms with Gasteiger partial charge >= 0.3 is 0 Å². The zero-order valence-corrected chi connectivity index (χ0v) is 17.4. The standard InChI is InChI=1S/C21H19N3O2S2/c1-4-14-6-5-7-15(10-14)24-20(26)18(11-16-9-8-13(2)27-16)28-21(24)17(12-22)19(25)23-3/h5-11H,4H2,1-3H3,(H,23,25)/b18-11+,21-17-. The molecule has 2 heterocycles. The number of amides is 1. The molecule has 1 amide bonds. The number of carbonyl (C=O) groups excluding carboxylic acids is 1. The lowest BCUT2D eigenvalue weighted by Crippen LogP contribution is -2.33. The van der Waals surface area contributed by atoms with Crippen molar-refractivity contribution in [3.05, 3.63) is 71.3 Å². The summed E-state index contributed by atoms with van der Waals surface area (Å²) in [5, 5.41) is 12.1. The van der Waals surface area contributed by atoms with Crippen molar-refractivity contribution in [1.82, 2.24) is 9.88 Å². The van der Waals surface area contributed by atoms with E-state index in [-0.39, 0.29) is 11.1 Å². The molecule has 0 fully saturated rings. The molecule has 0 spiro atoms. The number of benzene rings is 1. The summed E-state index contributed by atoms with van der Waals surface area (Å²) in [7, 11) is 1.47. The number of thiazole rings is 1. The van der Waals surface area contributed by atoms with Crippen molar-refractivity contribution in [2.45, 2.75) is 20.3 Å². The Balaban J connectivity index is 2.41. The summed E-state index contributed by atoms with van der Waals surface area (Å²) in [6.07, 6.45) is 2.63. The molecule has 2 aromatic heterocycles. The zero-order chi connectivity index (χ0) is 20.3. The van der Waals surface area contributed by atoms with Crippen LogP contribution in [0.3, 0.4) is 0 Å². The third-order valence-corrected chi connectivity index (χ3v) is 6.26. The smallest absolute Gasteiger partial charge is 0.273 e. The van der Waals surface area contributed by atoms with E-state index < -0.39 is 5.91 Å². The van der Waals surface area contributed by atoms with Gasteiger partial charge in [0.25, 0.3) is 11.5 Å². The fraction of sp³-hybridized carbons (Fsp3) is 0.190. The van der Waals surface area contributed by atoms with Crippen molar-refractivity contribution in [2.75, 3.05) is 7.05 Å². The molecule has 7 heteroatoms. The number of nitrogens with zero attached hydrogens (tertiary/aromatic N) is 2. The van der Waals surface area contributed by atoms with E-state index in [1.807, 2.05) is 62.4 Å². The summed E-state index contributed by atoms with van der Waals surface area (Å²) in [5.74, 6) is -0.511. The van der Waals surface area contributed by atoms with Gasteiger partial charge in [0.1, 0.15) is 10.7 Å². The minimum Gasteiger partial charge on any atom is -0.354 e. The molecule has 0 radical (unpaired) electrons. The fourth-order valence-corrected chi connectivity index (χ4v) is 4.77. The normalized spacial score (nSPS) is 12.6. The number of carbonyl (C=O) groups is 1. The van der Waals surface area contributed by atoms with Gasteiger partial charge in [0.05, 0.1) is 10.2 Å². The summed E-state index contributed by atoms with van der Waals surface area (Å²) >= 11 is 2.74. The predicted molar refractivity (Wildman–Crippen MR) is 114 cm³/mol. The van der Waals surface area contributed by atoms with Crippen molar-refractivity contribution >= 4 is 40.2 Å². The molecule has 0 aliphatic carbocycles. The van der Waals surface area contributed by atoms with Crippen LogP contribution in [0.25, 0.3) is 17.3 Å². The van der Waals surface area contributed by atoms with Gasteiger partial charge in [-0.25, -0.2) is 0 Å². The molecule has 1 aromatic carbocycles. The summed E-state index contributed by atoms with van der Waals surface area (Å²) in [5.41, 5.74) is 1.40. The summed E-state index contributed by atoms with van der Waals surface area (Å²) in [6, 6.07) is 13.5. The van der Waals surface area contributed by atoms with E-state index in [0.717, 1.165) is 33.1 Å². The SMILES string of the molecule is CCc1cccc(-n2c(=O)/c(=C\c3ccc(C)s3)s/c2=C(/C#N)C(=O)NC)c1. The highest BCUT2D eigenvalue weighted by atomic mass is 32.1. The Kier molecular flexibility index (Phi) is 5.93. The molecular formula is C21H19N3O2S2. The predicted octanol–water partition coefficient (Wildman–Crippen LogP) is 2.08. The first-order valence-electron chi connectivity index (χ1n) is 8.74. The van der Waals surface area contributed by atoms with Crippen molar-refractivity contribution in [3.8, 4) is 11.8 Å². The monoisotopic (exact) mass is 409 g/mol. The Morgan fingerprint density at radius 1 is 1.29 bits per heavy atom. The molecule has 1 N–H and O–H groups in total. The Bertz CT molecular complexity index is 1260. The minimum absolute atomic E-state index is 0.0755. The van der Waals surface area contributed by atoms with E-state index in [9.17, 15) is 14.9 Å². The summed E-state index contributed by atoms with van der Waals surface area (Å²) in [4.78, 5) is 27.6. The number of nitrogens with one attached hydrogen (secondary N) is 1. The molecule has 0 atom stereocenters. The molecule has 0 unspecified atom stereocenters. The van der Waals surface area contributed by atoms with Gasteiger partial charge in [-0.15, -0.1) is 22.7 Å². The van der Waals surface area contributed by atoms with Gasteiger partial charge in [-0.2, -0.15) is 5.26 Å². The van der Waals surface area contributed by atoms with Crippen LogP contribution in [0.15, 0.2) is 41.2 Å². The van der Waals surface area contributed by atoms with Crippen molar-refractivity contribution in [2.24, 2.45) is 0 Å². The van der Waals surface area contributed by atoms with E-state index in [1.165, 1.54) is 11.6 Å². The van der Waals surface area contributed by atoms with Crippen molar-refractivity contribution < 1.29 is 4.79 Å². The Morgan fingerprint density at radius 2 is 2.07 bits per heavy atom. The van der Waals surface area contributed by atoms with E-state index in [2.05, 4.69) is 5.32 Å². The highest BCUT2D eigenvalue weighted by molar-refractivity contribution is 7.13. The van der Waals surface area contributed by atoms with Gasteiger partial charge in [-0.05, 0) is 49.2 Å². The maximum atomic E-state index is 13.2. The van der Waals surface area contributed by atoms with Crippen molar-refractivity contribution in [3.63, 3.8) is 0 Å². The minimum atomic E-state index is -0.511. The molecule has 28 heavy (non-hydrogen) atoms. The first-order valence-corrected chi connectivity index (χ1v) is 10.4. The maximum Gasteiger partial charge on any atom is 0.273 e. The molecule has 0 saturated carbocycles. The van der Waals surface area contributed by atoms with Gasteiger partial charge in [0.15, 0.2) is 5.57 Å². The second-order valence-electron chi connectivity index (χ2n) is 6.09. The first kappa shape index (κ1) is 19.8. The number of aryl methyl sites for hydroxylation is 2. The molecule has 0 aliphatic rings. The van der Waals surface area contributed by atoms with Crippen LogP contribution in [0.1, 0.15) is 22.2 Å². The zero-order valence-electron chi connectivity index (χ0n) is 15.8. The highest BCUT2D eigenvalue weighted by Gasteiger charge is 2.16. The first-order chi connectivity index (χ1) is 13.5. The summed E-state index contributed by atoms with van der Waals surface area (Å²) in [6.45, 7) is 4.04.